The third kappa shape index (κ3) is 5.59. The summed E-state index contributed by atoms with van der Waals surface area (Å²) < 4.78 is 61.3. The van der Waals surface area contributed by atoms with Gasteiger partial charge in [-0.1, -0.05) is 29.8 Å². The highest BCUT2D eigenvalue weighted by molar-refractivity contribution is 6.30. The first-order valence-electron chi connectivity index (χ1n) is 10.8. The fourth-order valence-corrected chi connectivity index (χ4v) is 4.09. The number of hydrogen-bond acceptors (Lipinski definition) is 5. The quantitative estimate of drug-likeness (QED) is 0.387. The standard InChI is InChI=1S/C25H21ClF4N4O2/c1-14-10-15(26)13-31-21(14)22(35)32-17-8-9-19(27)18(11-17)24(2)12-20(25(28,29)30)36-23(34-24)33-16-6-4-3-5-7-16/h3-11,13,20H,12H2,1-2H3,(H,32,35)(H,33,34)/t20-,24-/m0/s1. The van der Waals surface area contributed by atoms with Crippen molar-refractivity contribution in [1.29, 1.82) is 0 Å². The van der Waals surface area contributed by atoms with Crippen LogP contribution in [0.5, 0.6) is 0 Å². The number of para-hydroxylation sites is 1. The first-order valence-corrected chi connectivity index (χ1v) is 11.2. The summed E-state index contributed by atoms with van der Waals surface area (Å²) in [6.07, 6.45) is -6.30. The number of hydrogen-bond donors (Lipinski definition) is 2. The van der Waals surface area contributed by atoms with Gasteiger partial charge in [-0.15, -0.1) is 0 Å². The third-order valence-electron chi connectivity index (χ3n) is 5.64. The summed E-state index contributed by atoms with van der Waals surface area (Å²) in [7, 11) is 0. The number of nitrogens with zero attached hydrogens (tertiary/aromatic N) is 2. The molecule has 0 unspecified atom stereocenters. The fourth-order valence-electron chi connectivity index (χ4n) is 3.87. The van der Waals surface area contributed by atoms with Gasteiger partial charge in [-0.25, -0.2) is 14.4 Å². The van der Waals surface area contributed by atoms with Crippen LogP contribution in [0, 0.1) is 12.7 Å². The van der Waals surface area contributed by atoms with E-state index in [0.29, 0.717) is 16.3 Å². The van der Waals surface area contributed by atoms with Gasteiger partial charge in [0.25, 0.3) is 11.9 Å². The zero-order valence-electron chi connectivity index (χ0n) is 19.2. The van der Waals surface area contributed by atoms with Crippen LogP contribution in [0.2, 0.25) is 5.02 Å². The maximum atomic E-state index is 15.0. The van der Waals surface area contributed by atoms with E-state index >= 15 is 0 Å². The molecule has 4 rings (SSSR count). The summed E-state index contributed by atoms with van der Waals surface area (Å²) in [5.74, 6) is -1.36. The van der Waals surface area contributed by atoms with Crippen LogP contribution in [0.4, 0.5) is 28.9 Å². The molecule has 188 valence electrons. The van der Waals surface area contributed by atoms with Crippen LogP contribution in [0.15, 0.2) is 65.8 Å². The third-order valence-corrected chi connectivity index (χ3v) is 5.85. The SMILES string of the molecule is Cc1cc(Cl)cnc1C(=O)Nc1ccc(F)c([C@]2(C)C[C@@H](C(F)(F)F)OC(Nc3ccccc3)=N2)c1. The van der Waals surface area contributed by atoms with Gasteiger partial charge in [0.2, 0.25) is 0 Å². The smallest absolute Gasteiger partial charge is 0.425 e. The van der Waals surface area contributed by atoms with Gasteiger partial charge >= 0.3 is 6.18 Å². The van der Waals surface area contributed by atoms with Crippen molar-refractivity contribution in [2.45, 2.75) is 38.1 Å². The second kappa shape index (κ2) is 9.77. The van der Waals surface area contributed by atoms with E-state index in [9.17, 15) is 22.4 Å². The normalized spacial score (nSPS) is 19.8. The number of anilines is 2. The van der Waals surface area contributed by atoms with Crippen molar-refractivity contribution in [2.24, 2.45) is 4.99 Å². The lowest BCUT2D eigenvalue weighted by atomic mass is 9.85. The molecule has 36 heavy (non-hydrogen) atoms. The summed E-state index contributed by atoms with van der Waals surface area (Å²) in [4.78, 5) is 21.0. The molecule has 11 heteroatoms. The average molecular weight is 521 g/mol. The summed E-state index contributed by atoms with van der Waals surface area (Å²) in [6, 6.07) is 13.2. The Labute approximate surface area is 209 Å². The van der Waals surface area contributed by atoms with Crippen molar-refractivity contribution in [3.8, 4) is 0 Å². The number of amides is 1. The van der Waals surface area contributed by atoms with Crippen LogP contribution in [-0.4, -0.2) is 29.2 Å². The Kier molecular flexibility index (Phi) is 6.90. The minimum atomic E-state index is -4.72. The van der Waals surface area contributed by atoms with E-state index in [0.717, 1.165) is 6.07 Å². The first kappa shape index (κ1) is 25.4. The van der Waals surface area contributed by atoms with Gasteiger partial charge in [0, 0.05) is 29.6 Å². The number of ether oxygens (including phenoxy) is 1. The highest BCUT2D eigenvalue weighted by Crippen LogP contribution is 2.42. The molecule has 0 saturated heterocycles. The van der Waals surface area contributed by atoms with Crippen molar-refractivity contribution < 1.29 is 27.1 Å². The molecule has 3 aromatic rings. The van der Waals surface area contributed by atoms with Gasteiger partial charge < -0.3 is 15.4 Å². The second-order valence-electron chi connectivity index (χ2n) is 8.50. The number of carbonyl (C=O) groups is 1. The monoisotopic (exact) mass is 520 g/mol. The van der Waals surface area contributed by atoms with Crippen LogP contribution in [0.3, 0.4) is 0 Å². The van der Waals surface area contributed by atoms with Crippen molar-refractivity contribution in [2.75, 3.05) is 10.6 Å². The number of benzene rings is 2. The first-order chi connectivity index (χ1) is 16.9. The fraction of sp³-hybridized carbons (Fsp3) is 0.240. The number of nitrogens with one attached hydrogen (secondary N) is 2. The number of rotatable bonds is 4. The largest absolute Gasteiger partial charge is 0.452 e. The Bertz CT molecular complexity index is 1320. The van der Waals surface area contributed by atoms with Gasteiger partial charge in [0.05, 0.1) is 10.6 Å². The lowest BCUT2D eigenvalue weighted by Gasteiger charge is -2.37. The number of carbonyl (C=O) groups excluding carboxylic acids is 1. The molecule has 6 nitrogen and oxygen atoms in total. The van der Waals surface area contributed by atoms with E-state index in [-0.39, 0.29) is 16.9 Å². The number of alkyl halides is 3. The van der Waals surface area contributed by atoms with Crippen LogP contribution in [0.25, 0.3) is 0 Å². The molecule has 0 spiro atoms. The molecule has 0 fully saturated rings. The van der Waals surface area contributed by atoms with Crippen LogP contribution >= 0.6 is 11.6 Å². The van der Waals surface area contributed by atoms with Crippen LogP contribution < -0.4 is 10.6 Å². The zero-order chi connectivity index (χ0) is 26.1. The average Bonchev–Trinajstić information content (AvgIpc) is 2.80. The molecule has 1 amide bonds. The Morgan fingerprint density at radius 3 is 2.53 bits per heavy atom. The molecule has 0 radical (unpaired) electrons. The molecular weight excluding hydrogens is 500 g/mol. The van der Waals surface area contributed by atoms with Crippen molar-refractivity contribution in [3.05, 3.63) is 88.5 Å². The molecule has 2 heterocycles. The van der Waals surface area contributed by atoms with Crippen molar-refractivity contribution >= 4 is 34.9 Å². The lowest BCUT2D eigenvalue weighted by molar-refractivity contribution is -0.207. The number of amidine groups is 1. The summed E-state index contributed by atoms with van der Waals surface area (Å²) >= 11 is 5.88. The summed E-state index contributed by atoms with van der Waals surface area (Å²) in [6.45, 7) is 3.04. The van der Waals surface area contributed by atoms with E-state index in [1.165, 1.54) is 25.3 Å². The summed E-state index contributed by atoms with van der Waals surface area (Å²) in [5.41, 5.74) is -0.550. The summed E-state index contributed by atoms with van der Waals surface area (Å²) in [5, 5.41) is 5.69. The molecule has 1 aliphatic heterocycles. The number of pyridine rings is 1. The molecule has 2 atom stereocenters. The van der Waals surface area contributed by atoms with E-state index in [2.05, 4.69) is 20.6 Å². The zero-order valence-corrected chi connectivity index (χ0v) is 19.9. The minimum Gasteiger partial charge on any atom is -0.452 e. The van der Waals surface area contributed by atoms with Gasteiger partial charge in [0.1, 0.15) is 11.5 Å². The number of aryl methyl sites for hydroxylation is 1. The van der Waals surface area contributed by atoms with Gasteiger partial charge in [-0.05, 0) is 55.8 Å². The molecule has 0 saturated carbocycles. The molecular formula is C25H21ClF4N4O2. The van der Waals surface area contributed by atoms with E-state index in [1.807, 2.05) is 0 Å². The van der Waals surface area contributed by atoms with Crippen molar-refractivity contribution in [3.63, 3.8) is 0 Å². The van der Waals surface area contributed by atoms with E-state index in [4.69, 9.17) is 16.3 Å². The second-order valence-corrected chi connectivity index (χ2v) is 8.94. The van der Waals surface area contributed by atoms with E-state index in [1.54, 1.807) is 43.3 Å². The Morgan fingerprint density at radius 1 is 1.14 bits per heavy atom. The van der Waals surface area contributed by atoms with Gasteiger partial charge in [-0.2, -0.15) is 13.2 Å². The Morgan fingerprint density at radius 2 is 1.86 bits per heavy atom. The number of aromatic nitrogens is 1. The van der Waals surface area contributed by atoms with Crippen molar-refractivity contribution in [1.82, 2.24) is 4.98 Å². The molecule has 1 aromatic heterocycles. The number of halogens is 5. The maximum absolute atomic E-state index is 15.0. The predicted molar refractivity (Wildman–Crippen MR) is 129 cm³/mol. The highest BCUT2D eigenvalue weighted by Gasteiger charge is 2.50. The van der Waals surface area contributed by atoms with Crippen LogP contribution in [0.1, 0.15) is 35.0 Å². The van der Waals surface area contributed by atoms with Gasteiger partial charge in [0.15, 0.2) is 6.10 Å². The molecule has 1 aliphatic rings. The van der Waals surface area contributed by atoms with E-state index < -0.39 is 42.0 Å². The highest BCUT2D eigenvalue weighted by atomic mass is 35.5. The van der Waals surface area contributed by atoms with Crippen LogP contribution in [-0.2, 0) is 10.3 Å². The predicted octanol–water partition coefficient (Wildman–Crippen LogP) is 6.47. The lowest BCUT2D eigenvalue weighted by Crippen LogP contribution is -2.45. The minimum absolute atomic E-state index is 0.104. The molecule has 0 aliphatic carbocycles. The molecule has 2 aromatic carbocycles. The maximum Gasteiger partial charge on any atom is 0.425 e. The Balaban J connectivity index is 1.68. The Hall–Kier alpha value is -3.66. The number of aliphatic imine (C=N–C) groups is 1. The molecule has 0 bridgehead atoms. The topological polar surface area (TPSA) is 75.6 Å². The van der Waals surface area contributed by atoms with Gasteiger partial charge in [-0.3, -0.25) is 4.79 Å². The molecule has 2 N–H and O–H groups in total.